The lowest BCUT2D eigenvalue weighted by atomic mass is 9.72. The summed E-state index contributed by atoms with van der Waals surface area (Å²) in [7, 11) is 0. The molecule has 0 fully saturated rings. The predicted molar refractivity (Wildman–Crippen MR) is 212 cm³/mol. The van der Waals surface area contributed by atoms with Gasteiger partial charge >= 0.3 is 0 Å². The first-order chi connectivity index (χ1) is 25.1. The summed E-state index contributed by atoms with van der Waals surface area (Å²) in [6, 6.07) is 45.0. The topological polar surface area (TPSA) is 18.1 Å². The van der Waals surface area contributed by atoms with E-state index in [4.69, 9.17) is 4.42 Å². The molecule has 0 radical (unpaired) electrons. The van der Waals surface area contributed by atoms with Crippen LogP contribution in [0, 0.1) is 11.8 Å². The molecule has 51 heavy (non-hydrogen) atoms. The highest BCUT2D eigenvalue weighted by Crippen LogP contribution is 2.57. The number of hydrogen-bond acceptors (Lipinski definition) is 1. The minimum atomic E-state index is -0.151. The van der Waals surface area contributed by atoms with Crippen LogP contribution in [0.3, 0.4) is 0 Å². The summed E-state index contributed by atoms with van der Waals surface area (Å²) >= 11 is 0. The Morgan fingerprint density at radius 1 is 0.569 bits per heavy atom. The predicted octanol–water partition coefficient (Wildman–Crippen LogP) is 12.7. The number of para-hydroxylation sites is 2. The zero-order chi connectivity index (χ0) is 33.6. The SMILES string of the molecule is CC1(C)c2cc3c4ccccc4n(-c4ccc(C5=CC=C6c7ccccc7C7=CC=CC5C76)cc4)c3cc2-c2c1ccc1c2oc2ccccc21. The van der Waals surface area contributed by atoms with Gasteiger partial charge in [0.15, 0.2) is 0 Å². The van der Waals surface area contributed by atoms with Gasteiger partial charge in [-0.05, 0) is 86.5 Å². The maximum atomic E-state index is 6.65. The summed E-state index contributed by atoms with van der Waals surface area (Å²) in [6.07, 6.45) is 11.7. The molecule has 6 aromatic carbocycles. The van der Waals surface area contributed by atoms with Crippen LogP contribution in [0.1, 0.15) is 41.7 Å². The fraction of sp³-hybridized carbons (Fsp3) is 0.102. The summed E-state index contributed by atoms with van der Waals surface area (Å²) in [6.45, 7) is 4.72. The van der Waals surface area contributed by atoms with Crippen molar-refractivity contribution >= 4 is 60.5 Å². The van der Waals surface area contributed by atoms with Crippen molar-refractivity contribution in [3.05, 3.63) is 180 Å². The van der Waals surface area contributed by atoms with E-state index in [9.17, 15) is 0 Å². The molecule has 0 amide bonds. The van der Waals surface area contributed by atoms with Crippen molar-refractivity contribution in [1.29, 1.82) is 0 Å². The molecule has 2 heteroatoms. The maximum absolute atomic E-state index is 6.65. The third-order valence-corrected chi connectivity index (χ3v) is 12.4. The highest BCUT2D eigenvalue weighted by atomic mass is 16.3. The van der Waals surface area contributed by atoms with Crippen LogP contribution in [0.25, 0.3) is 77.3 Å². The molecule has 0 saturated carbocycles. The Morgan fingerprint density at radius 2 is 1.29 bits per heavy atom. The number of rotatable bonds is 2. The molecule has 0 bridgehead atoms. The summed E-state index contributed by atoms with van der Waals surface area (Å²) in [5.41, 5.74) is 18.9. The second-order valence-corrected chi connectivity index (χ2v) is 15.2. The van der Waals surface area contributed by atoms with Crippen LogP contribution in [-0.2, 0) is 5.41 Å². The van der Waals surface area contributed by atoms with Gasteiger partial charge in [-0.2, -0.15) is 0 Å². The zero-order valence-corrected chi connectivity index (χ0v) is 28.4. The maximum Gasteiger partial charge on any atom is 0.143 e. The van der Waals surface area contributed by atoms with Gasteiger partial charge in [0.05, 0.1) is 11.0 Å². The molecular formula is C49H33NO. The third kappa shape index (κ3) is 3.47. The van der Waals surface area contributed by atoms with Gasteiger partial charge < -0.3 is 8.98 Å². The average Bonchev–Trinajstić information content (AvgIpc) is 3.88. The molecule has 2 atom stereocenters. The molecule has 2 unspecified atom stereocenters. The van der Waals surface area contributed by atoms with Crippen molar-refractivity contribution in [1.82, 2.24) is 4.57 Å². The molecule has 4 aliphatic carbocycles. The zero-order valence-electron chi connectivity index (χ0n) is 28.4. The van der Waals surface area contributed by atoms with E-state index in [0.29, 0.717) is 11.8 Å². The van der Waals surface area contributed by atoms with Gasteiger partial charge in [-0.3, -0.25) is 0 Å². The van der Waals surface area contributed by atoms with Crippen molar-refractivity contribution in [2.45, 2.75) is 19.3 Å². The smallest absolute Gasteiger partial charge is 0.143 e. The summed E-state index contributed by atoms with van der Waals surface area (Å²) < 4.78 is 9.11. The molecule has 240 valence electrons. The molecule has 2 aromatic heterocycles. The number of aromatic nitrogens is 1. The second-order valence-electron chi connectivity index (χ2n) is 15.2. The summed E-state index contributed by atoms with van der Waals surface area (Å²) in [4.78, 5) is 0. The van der Waals surface area contributed by atoms with Gasteiger partial charge in [0.1, 0.15) is 11.2 Å². The Kier molecular flexibility index (Phi) is 5.19. The lowest BCUT2D eigenvalue weighted by Crippen LogP contribution is -2.18. The fourth-order valence-electron chi connectivity index (χ4n) is 10.1. The van der Waals surface area contributed by atoms with E-state index in [0.717, 1.165) is 11.2 Å². The quantitative estimate of drug-likeness (QED) is 0.182. The van der Waals surface area contributed by atoms with Crippen molar-refractivity contribution < 1.29 is 4.42 Å². The molecule has 2 heterocycles. The van der Waals surface area contributed by atoms with Crippen LogP contribution in [0.5, 0.6) is 0 Å². The lowest BCUT2D eigenvalue weighted by molar-refractivity contribution is 0.653. The van der Waals surface area contributed by atoms with E-state index in [-0.39, 0.29) is 5.41 Å². The Hall–Kier alpha value is -6.12. The van der Waals surface area contributed by atoms with Crippen molar-refractivity contribution in [3.8, 4) is 16.8 Å². The molecule has 4 aliphatic rings. The first-order valence-electron chi connectivity index (χ1n) is 18.1. The Bertz CT molecular complexity index is 2990. The van der Waals surface area contributed by atoms with E-state index < -0.39 is 0 Å². The van der Waals surface area contributed by atoms with Crippen LogP contribution >= 0.6 is 0 Å². The highest BCUT2D eigenvalue weighted by Gasteiger charge is 2.41. The van der Waals surface area contributed by atoms with E-state index in [1.807, 2.05) is 0 Å². The minimum absolute atomic E-state index is 0.151. The fourth-order valence-corrected chi connectivity index (χ4v) is 10.1. The van der Waals surface area contributed by atoms with Gasteiger partial charge in [-0.15, -0.1) is 0 Å². The molecule has 0 spiro atoms. The molecular weight excluding hydrogens is 619 g/mol. The van der Waals surface area contributed by atoms with Gasteiger partial charge in [-0.25, -0.2) is 0 Å². The molecule has 0 aliphatic heterocycles. The van der Waals surface area contributed by atoms with E-state index in [1.165, 1.54) is 93.9 Å². The monoisotopic (exact) mass is 651 g/mol. The first kappa shape index (κ1) is 27.7. The number of nitrogens with zero attached hydrogens (tertiary/aromatic N) is 1. The number of allylic oxidation sites excluding steroid dienone is 8. The lowest BCUT2D eigenvalue weighted by Gasteiger charge is -2.31. The van der Waals surface area contributed by atoms with Gasteiger partial charge in [-0.1, -0.05) is 129 Å². The van der Waals surface area contributed by atoms with Crippen LogP contribution in [0.4, 0.5) is 0 Å². The summed E-state index contributed by atoms with van der Waals surface area (Å²) in [5.74, 6) is 0.717. The molecule has 2 nitrogen and oxygen atoms in total. The Balaban J connectivity index is 1.03. The molecule has 8 aromatic rings. The van der Waals surface area contributed by atoms with Crippen LogP contribution in [0.2, 0.25) is 0 Å². The van der Waals surface area contributed by atoms with Crippen LogP contribution in [0.15, 0.2) is 156 Å². The standard InChI is InChI=1S/C49H33NO/c1-49(2)41-25-24-38-34-13-6-8-17-45(34)51-48(38)47(41)40-27-44-39(26-42(40)49)33-12-5-7-16-43(33)50(44)29-20-18-28(19-21-29)30-22-23-37-32-11-4-3-10-31(32)36-15-9-14-35(30)46(36)37/h3-27,35,46H,1-2H3. The molecule has 0 saturated heterocycles. The Labute approximate surface area is 296 Å². The van der Waals surface area contributed by atoms with E-state index in [2.05, 4.69) is 170 Å². The largest absolute Gasteiger partial charge is 0.455 e. The number of furan rings is 1. The highest BCUT2D eigenvalue weighted by molar-refractivity contribution is 6.15. The second kappa shape index (κ2) is 9.56. The van der Waals surface area contributed by atoms with E-state index in [1.54, 1.807) is 0 Å². The van der Waals surface area contributed by atoms with Gasteiger partial charge in [0, 0.05) is 50.0 Å². The minimum Gasteiger partial charge on any atom is -0.455 e. The van der Waals surface area contributed by atoms with Gasteiger partial charge in [0.2, 0.25) is 0 Å². The van der Waals surface area contributed by atoms with E-state index >= 15 is 0 Å². The number of hydrogen-bond donors (Lipinski definition) is 0. The normalized spacial score (nSPS) is 19.2. The number of fused-ring (bicyclic) bond motifs is 13. The molecule has 12 rings (SSSR count). The average molecular weight is 652 g/mol. The number of benzene rings is 6. The first-order valence-corrected chi connectivity index (χ1v) is 18.1. The van der Waals surface area contributed by atoms with Crippen LogP contribution in [-0.4, -0.2) is 4.57 Å². The van der Waals surface area contributed by atoms with Crippen LogP contribution < -0.4 is 0 Å². The van der Waals surface area contributed by atoms with Crippen molar-refractivity contribution in [2.75, 3.05) is 0 Å². The van der Waals surface area contributed by atoms with Crippen molar-refractivity contribution in [3.63, 3.8) is 0 Å². The third-order valence-electron chi connectivity index (χ3n) is 12.4. The van der Waals surface area contributed by atoms with Gasteiger partial charge in [0.25, 0.3) is 0 Å². The molecule has 0 N–H and O–H groups in total. The van der Waals surface area contributed by atoms with Crippen molar-refractivity contribution in [2.24, 2.45) is 11.8 Å². The Morgan fingerprint density at radius 3 is 2.14 bits per heavy atom. The summed E-state index contributed by atoms with van der Waals surface area (Å²) in [5, 5.41) is 4.92.